The number of nitrogens with one attached hydrogen (secondary N) is 1. The van der Waals surface area contributed by atoms with Gasteiger partial charge >= 0.3 is 0 Å². The lowest BCUT2D eigenvalue weighted by Gasteiger charge is -2.20. The molecule has 0 saturated heterocycles. The highest BCUT2D eigenvalue weighted by Gasteiger charge is 2.25. The first-order valence-electron chi connectivity index (χ1n) is 9.54. The van der Waals surface area contributed by atoms with Gasteiger partial charge in [0.1, 0.15) is 17.3 Å². The maximum atomic E-state index is 14.2. The highest BCUT2D eigenvalue weighted by molar-refractivity contribution is 7.89. The maximum absolute atomic E-state index is 14.2. The van der Waals surface area contributed by atoms with Gasteiger partial charge in [-0.1, -0.05) is 6.07 Å². The fourth-order valence-electron chi connectivity index (χ4n) is 3.74. The van der Waals surface area contributed by atoms with E-state index >= 15 is 0 Å². The molecule has 31 heavy (non-hydrogen) atoms. The van der Waals surface area contributed by atoms with Crippen molar-refractivity contribution < 1.29 is 26.7 Å². The molecule has 0 spiro atoms. The van der Waals surface area contributed by atoms with Gasteiger partial charge in [-0.25, -0.2) is 17.2 Å². The molecule has 162 valence electrons. The highest BCUT2D eigenvalue weighted by Crippen LogP contribution is 2.38. The molecule has 2 heterocycles. The number of carbonyl (C=O) groups is 1. The fraction of sp³-hybridized carbons (Fsp3) is 0.227. The van der Waals surface area contributed by atoms with Crippen LogP contribution in [0.25, 0.3) is 11.3 Å². The SMILES string of the molecule is Cc1cc(-c2cc(CS(C)(=O)=O)ccc2Oc2ccc(F)cc2F)n2c1C(=O)NCC2. The zero-order valence-corrected chi connectivity index (χ0v) is 17.7. The topological polar surface area (TPSA) is 77.4 Å². The van der Waals surface area contributed by atoms with Crippen molar-refractivity contribution in [3.8, 4) is 22.8 Å². The summed E-state index contributed by atoms with van der Waals surface area (Å²) in [6.07, 6.45) is 1.14. The van der Waals surface area contributed by atoms with Gasteiger partial charge in [0, 0.05) is 31.0 Å². The Morgan fingerprint density at radius 3 is 2.55 bits per heavy atom. The average molecular weight is 446 g/mol. The summed E-state index contributed by atoms with van der Waals surface area (Å²) < 4.78 is 58.7. The third-order valence-electron chi connectivity index (χ3n) is 4.99. The number of amides is 1. The van der Waals surface area contributed by atoms with Crippen LogP contribution in [0.3, 0.4) is 0 Å². The van der Waals surface area contributed by atoms with Gasteiger partial charge < -0.3 is 14.6 Å². The van der Waals surface area contributed by atoms with E-state index in [1.54, 1.807) is 25.1 Å². The standard InChI is InChI=1S/C22H20F2N2O4S/c1-13-9-18(26-8-7-25-22(27)21(13)26)16-10-14(12-31(2,28)29)3-5-19(16)30-20-6-4-15(23)11-17(20)24/h3-6,9-11H,7-8,12H2,1-2H3,(H,25,27). The molecule has 0 aliphatic carbocycles. The van der Waals surface area contributed by atoms with Crippen LogP contribution in [0, 0.1) is 18.6 Å². The molecule has 1 aromatic heterocycles. The molecule has 0 fully saturated rings. The van der Waals surface area contributed by atoms with E-state index in [1.807, 2.05) is 10.6 Å². The Balaban J connectivity index is 1.87. The number of hydrogen-bond donors (Lipinski definition) is 1. The predicted octanol–water partition coefficient (Wildman–Crippen LogP) is 3.82. The zero-order chi connectivity index (χ0) is 22.3. The minimum Gasteiger partial charge on any atom is -0.454 e. The number of rotatable bonds is 5. The summed E-state index contributed by atoms with van der Waals surface area (Å²) in [5.74, 6) is -1.88. The molecule has 6 nitrogen and oxygen atoms in total. The number of aryl methyl sites for hydroxylation is 1. The van der Waals surface area contributed by atoms with Gasteiger partial charge in [-0.3, -0.25) is 4.79 Å². The van der Waals surface area contributed by atoms with Gasteiger partial charge in [-0.2, -0.15) is 0 Å². The number of hydrogen-bond acceptors (Lipinski definition) is 4. The molecule has 1 N–H and O–H groups in total. The van der Waals surface area contributed by atoms with Crippen molar-refractivity contribution in [3.63, 3.8) is 0 Å². The van der Waals surface area contributed by atoms with Crippen LogP contribution in [0.4, 0.5) is 8.78 Å². The lowest BCUT2D eigenvalue weighted by atomic mass is 10.1. The van der Waals surface area contributed by atoms with Crippen LogP contribution in [0.2, 0.25) is 0 Å². The number of halogens is 2. The first-order chi connectivity index (χ1) is 14.6. The van der Waals surface area contributed by atoms with Crippen LogP contribution >= 0.6 is 0 Å². The summed E-state index contributed by atoms with van der Waals surface area (Å²) in [6, 6.07) is 9.60. The Bertz CT molecular complexity index is 1300. The van der Waals surface area contributed by atoms with Crippen LogP contribution in [-0.4, -0.2) is 31.7 Å². The smallest absolute Gasteiger partial charge is 0.268 e. The molecular formula is C22H20F2N2O4S. The number of fused-ring (bicyclic) bond motifs is 1. The molecule has 3 aromatic rings. The molecule has 4 rings (SSSR count). The van der Waals surface area contributed by atoms with Gasteiger partial charge in [0.15, 0.2) is 21.4 Å². The number of nitrogens with zero attached hydrogens (tertiary/aromatic N) is 1. The molecular weight excluding hydrogens is 426 g/mol. The Hall–Kier alpha value is -3.20. The number of ether oxygens (including phenoxy) is 1. The lowest BCUT2D eigenvalue weighted by Crippen LogP contribution is -2.35. The third-order valence-corrected chi connectivity index (χ3v) is 5.84. The molecule has 0 saturated carbocycles. The van der Waals surface area contributed by atoms with Crippen LogP contribution in [-0.2, 0) is 22.1 Å². The molecule has 9 heteroatoms. The van der Waals surface area contributed by atoms with Crippen LogP contribution in [0.15, 0.2) is 42.5 Å². The minimum atomic E-state index is -3.29. The summed E-state index contributed by atoms with van der Waals surface area (Å²) in [4.78, 5) is 12.3. The first-order valence-corrected chi connectivity index (χ1v) is 11.6. The second kappa shape index (κ2) is 7.81. The van der Waals surface area contributed by atoms with Gasteiger partial charge in [-0.15, -0.1) is 0 Å². The predicted molar refractivity (Wildman–Crippen MR) is 112 cm³/mol. The fourth-order valence-corrected chi connectivity index (χ4v) is 4.53. The average Bonchev–Trinajstić information content (AvgIpc) is 3.01. The van der Waals surface area contributed by atoms with E-state index in [9.17, 15) is 22.0 Å². The second-order valence-corrected chi connectivity index (χ2v) is 9.69. The summed E-state index contributed by atoms with van der Waals surface area (Å²) in [6.45, 7) is 2.77. The normalized spacial score (nSPS) is 13.6. The van der Waals surface area contributed by atoms with E-state index in [-0.39, 0.29) is 23.2 Å². The Morgan fingerprint density at radius 2 is 1.84 bits per heavy atom. The van der Waals surface area contributed by atoms with E-state index in [1.165, 1.54) is 6.07 Å². The van der Waals surface area contributed by atoms with Crippen LogP contribution in [0.5, 0.6) is 11.5 Å². The zero-order valence-electron chi connectivity index (χ0n) is 16.9. The van der Waals surface area contributed by atoms with Crippen molar-refractivity contribution in [2.45, 2.75) is 19.2 Å². The van der Waals surface area contributed by atoms with Crippen molar-refractivity contribution in [2.24, 2.45) is 0 Å². The molecule has 0 radical (unpaired) electrons. The summed E-state index contributed by atoms with van der Waals surface area (Å²) in [5, 5.41) is 2.80. The summed E-state index contributed by atoms with van der Waals surface area (Å²) in [5.41, 5.74) is 2.94. The molecule has 1 aliphatic rings. The van der Waals surface area contributed by atoms with E-state index in [4.69, 9.17) is 4.74 Å². The van der Waals surface area contributed by atoms with Gasteiger partial charge in [0.25, 0.3) is 5.91 Å². The lowest BCUT2D eigenvalue weighted by molar-refractivity contribution is 0.0927. The third kappa shape index (κ3) is 4.32. The summed E-state index contributed by atoms with van der Waals surface area (Å²) >= 11 is 0. The number of carbonyl (C=O) groups excluding carboxylic acids is 1. The number of sulfone groups is 1. The van der Waals surface area contributed by atoms with Crippen LogP contribution in [0.1, 0.15) is 21.6 Å². The molecule has 0 atom stereocenters. The molecule has 0 unspecified atom stereocenters. The monoisotopic (exact) mass is 446 g/mol. The highest BCUT2D eigenvalue weighted by atomic mass is 32.2. The van der Waals surface area contributed by atoms with E-state index < -0.39 is 21.5 Å². The minimum absolute atomic E-state index is 0.168. The molecule has 1 aliphatic heterocycles. The van der Waals surface area contributed by atoms with E-state index in [0.717, 1.165) is 24.0 Å². The number of benzene rings is 2. The summed E-state index contributed by atoms with van der Waals surface area (Å²) in [7, 11) is -3.29. The number of aromatic nitrogens is 1. The molecule has 2 aromatic carbocycles. The van der Waals surface area contributed by atoms with Crippen molar-refractivity contribution in [1.82, 2.24) is 9.88 Å². The second-order valence-electron chi connectivity index (χ2n) is 7.55. The maximum Gasteiger partial charge on any atom is 0.268 e. The molecule has 0 bridgehead atoms. The Kier molecular flexibility index (Phi) is 5.30. The van der Waals surface area contributed by atoms with E-state index in [0.29, 0.717) is 35.6 Å². The Labute approximate surface area is 178 Å². The van der Waals surface area contributed by atoms with Crippen molar-refractivity contribution in [1.29, 1.82) is 0 Å². The van der Waals surface area contributed by atoms with E-state index in [2.05, 4.69) is 5.32 Å². The largest absolute Gasteiger partial charge is 0.454 e. The molecule has 1 amide bonds. The Morgan fingerprint density at radius 1 is 1.10 bits per heavy atom. The van der Waals surface area contributed by atoms with Crippen molar-refractivity contribution in [3.05, 3.63) is 70.9 Å². The van der Waals surface area contributed by atoms with Gasteiger partial charge in [0.2, 0.25) is 0 Å². The van der Waals surface area contributed by atoms with Crippen LogP contribution < -0.4 is 10.1 Å². The van der Waals surface area contributed by atoms with Gasteiger partial charge in [0.05, 0.1) is 11.4 Å². The first kappa shape index (κ1) is 21.0. The van der Waals surface area contributed by atoms with Gasteiger partial charge in [-0.05, 0) is 48.4 Å². The quantitative estimate of drug-likeness (QED) is 0.646. The van der Waals surface area contributed by atoms with Crippen molar-refractivity contribution >= 4 is 15.7 Å². The van der Waals surface area contributed by atoms with Crippen molar-refractivity contribution in [2.75, 3.05) is 12.8 Å².